The lowest BCUT2D eigenvalue weighted by Gasteiger charge is -2.28. The molecule has 368 valence electrons. The monoisotopic (exact) mass is 951 g/mol. The van der Waals surface area contributed by atoms with Crippen molar-refractivity contribution in [3.63, 3.8) is 0 Å². The van der Waals surface area contributed by atoms with Gasteiger partial charge in [0.15, 0.2) is 5.96 Å². The molecule has 0 aromatic rings. The number of nitrogens with two attached hydrogens (primary N) is 1. The predicted molar refractivity (Wildman–Crippen MR) is 237 cm³/mol. The van der Waals surface area contributed by atoms with Crippen molar-refractivity contribution in [2.45, 2.75) is 120 Å². The minimum Gasteiger partial charge on any atom is -0.480 e. The van der Waals surface area contributed by atoms with E-state index in [9.17, 15) is 58.2 Å². The summed E-state index contributed by atoms with van der Waals surface area (Å²) in [5.74, 6) is -6.74. The molecule has 25 nitrogen and oxygen atoms in total. The van der Waals surface area contributed by atoms with E-state index in [1.807, 2.05) is 6.26 Å². The van der Waals surface area contributed by atoms with Gasteiger partial charge in [0.05, 0.1) is 31.8 Å². The number of aliphatic hydroxyl groups is 1. The van der Waals surface area contributed by atoms with Crippen LogP contribution < -0.4 is 48.3 Å². The van der Waals surface area contributed by atoms with Crippen LogP contribution in [-0.2, 0) is 47.9 Å². The largest absolute Gasteiger partial charge is 0.480 e. The second-order valence-corrected chi connectivity index (χ2v) is 17.7. The topological polar surface area (TPSA) is 367 Å². The lowest BCUT2D eigenvalue weighted by molar-refractivity contribution is -0.149. The van der Waals surface area contributed by atoms with Crippen molar-refractivity contribution in [1.29, 1.82) is 5.41 Å². The number of aliphatic carboxylic acids is 1. The maximum absolute atomic E-state index is 13.7. The van der Waals surface area contributed by atoms with Crippen LogP contribution in [0.1, 0.15) is 71.1 Å². The van der Waals surface area contributed by atoms with Crippen LogP contribution in [0.25, 0.3) is 0 Å². The van der Waals surface area contributed by atoms with Crippen LogP contribution >= 0.6 is 11.8 Å². The normalized spacial score (nSPS) is 22.7. The number of nitrogens with one attached hydrogen (secondary N) is 9. The van der Waals surface area contributed by atoms with E-state index in [0.29, 0.717) is 44.5 Å². The Labute approximate surface area is 386 Å². The zero-order chi connectivity index (χ0) is 48.5. The number of guanidine groups is 1. The fraction of sp³-hybridized carbons (Fsp3) is 0.725. The number of carboxylic acid groups (broad SMARTS) is 1. The number of nitrogens with zero attached hydrogens (tertiary/aromatic N) is 3. The van der Waals surface area contributed by atoms with E-state index in [-0.39, 0.29) is 76.2 Å². The standard InChI is InChI=1S/C40H65N13O12S/c1-22(38(63)52-15-6-10-28(52)39(64)65)48-30(55)18-45-34(59)25(8-4-13-44-40(41)42)49-37(62)29-17-23(54)21-53(29)32(57)20-47-35(60)26(11-16-66-2)50-36(61)27-9-5-14-51(27)31(56)19-46-33(58)24-7-3-12-43-24/h22-29,43,54H,3-21H2,1-2H3,(H,45,59)(H,46,58)(H,47,60)(H,48,55)(H,49,62)(H,50,61)(H,64,65)(H4,41,42,44)/t22-,23+,24-,25-,26-,27-,28-,29-/m0/s1. The van der Waals surface area contributed by atoms with E-state index in [0.717, 1.165) is 11.3 Å². The van der Waals surface area contributed by atoms with Gasteiger partial charge in [-0.15, -0.1) is 0 Å². The maximum atomic E-state index is 13.7. The highest BCUT2D eigenvalue weighted by Crippen LogP contribution is 2.21. The number of carbonyl (C=O) groups is 10. The molecular formula is C40H65N13O12S. The molecule has 0 aliphatic carbocycles. The molecule has 0 aromatic heterocycles. The van der Waals surface area contributed by atoms with Gasteiger partial charge in [0.2, 0.25) is 53.2 Å². The predicted octanol–water partition coefficient (Wildman–Crippen LogP) is -5.39. The van der Waals surface area contributed by atoms with Crippen LogP contribution in [0.3, 0.4) is 0 Å². The molecule has 0 spiro atoms. The second-order valence-electron chi connectivity index (χ2n) is 16.7. The van der Waals surface area contributed by atoms with Gasteiger partial charge < -0.3 is 73.2 Å². The Hall–Kier alpha value is -5.76. The van der Waals surface area contributed by atoms with Crippen LogP contribution in [0, 0.1) is 5.41 Å². The fourth-order valence-electron chi connectivity index (χ4n) is 8.38. The molecule has 4 saturated heterocycles. The number of hydrogen-bond acceptors (Lipinski definition) is 14. The van der Waals surface area contributed by atoms with Crippen molar-refractivity contribution in [2.75, 3.05) is 64.4 Å². The molecule has 13 N–H and O–H groups in total. The molecule has 4 aliphatic rings. The smallest absolute Gasteiger partial charge is 0.326 e. The third-order valence-corrected chi connectivity index (χ3v) is 12.5. The minimum atomic E-state index is -1.28. The maximum Gasteiger partial charge on any atom is 0.326 e. The Morgan fingerprint density at radius 2 is 1.35 bits per heavy atom. The summed E-state index contributed by atoms with van der Waals surface area (Å²) >= 11 is 1.42. The summed E-state index contributed by atoms with van der Waals surface area (Å²) < 4.78 is 0. The molecule has 66 heavy (non-hydrogen) atoms. The number of hydrogen-bond donors (Lipinski definition) is 12. The highest BCUT2D eigenvalue weighted by Gasteiger charge is 2.41. The van der Waals surface area contributed by atoms with Gasteiger partial charge in [0.1, 0.15) is 36.3 Å². The molecule has 26 heteroatoms. The van der Waals surface area contributed by atoms with E-state index in [2.05, 4.69) is 42.5 Å². The first-order chi connectivity index (χ1) is 31.4. The quantitative estimate of drug-likeness (QED) is 0.0258. The first kappa shape index (κ1) is 52.9. The lowest BCUT2D eigenvalue weighted by atomic mass is 10.1. The van der Waals surface area contributed by atoms with Crippen LogP contribution in [0.2, 0.25) is 0 Å². The van der Waals surface area contributed by atoms with Crippen LogP contribution in [-0.4, -0.2) is 203 Å². The first-order valence-corrected chi connectivity index (χ1v) is 23.6. The van der Waals surface area contributed by atoms with Gasteiger partial charge in [0.25, 0.3) is 0 Å². The van der Waals surface area contributed by atoms with Crippen molar-refractivity contribution in [2.24, 2.45) is 5.73 Å². The van der Waals surface area contributed by atoms with Gasteiger partial charge in [-0.2, -0.15) is 11.8 Å². The average molecular weight is 952 g/mol. The van der Waals surface area contributed by atoms with Crippen molar-refractivity contribution >= 4 is 76.9 Å². The Bertz CT molecular complexity index is 1820. The average Bonchev–Trinajstić information content (AvgIpc) is 4.13. The number of rotatable bonds is 23. The highest BCUT2D eigenvalue weighted by molar-refractivity contribution is 7.98. The molecule has 0 bridgehead atoms. The molecule has 4 rings (SSSR count). The van der Waals surface area contributed by atoms with Gasteiger partial charge in [-0.3, -0.25) is 48.6 Å². The molecular weight excluding hydrogens is 887 g/mol. The third kappa shape index (κ3) is 15.4. The Kier molecular flexibility index (Phi) is 20.7. The van der Waals surface area contributed by atoms with E-state index >= 15 is 0 Å². The third-order valence-electron chi connectivity index (χ3n) is 11.8. The van der Waals surface area contributed by atoms with Gasteiger partial charge in [-0.25, -0.2) is 4.79 Å². The van der Waals surface area contributed by atoms with E-state index in [4.69, 9.17) is 11.1 Å². The summed E-state index contributed by atoms with van der Waals surface area (Å²) in [7, 11) is 0. The van der Waals surface area contributed by atoms with Crippen molar-refractivity contribution < 1.29 is 58.2 Å². The van der Waals surface area contributed by atoms with Gasteiger partial charge in [-0.05, 0) is 83.3 Å². The van der Waals surface area contributed by atoms with Crippen LogP contribution in [0.5, 0.6) is 0 Å². The number of carbonyl (C=O) groups excluding carboxylic acids is 9. The fourth-order valence-corrected chi connectivity index (χ4v) is 8.85. The van der Waals surface area contributed by atoms with Crippen LogP contribution in [0.4, 0.5) is 0 Å². The van der Waals surface area contributed by atoms with E-state index in [1.165, 1.54) is 28.5 Å². The molecule has 4 heterocycles. The summed E-state index contributed by atoms with van der Waals surface area (Å²) in [6.45, 7) is 0.968. The van der Waals surface area contributed by atoms with Crippen LogP contribution in [0.15, 0.2) is 0 Å². The second kappa shape index (κ2) is 25.8. The zero-order valence-corrected chi connectivity index (χ0v) is 38.2. The number of thioether (sulfide) groups is 1. The van der Waals surface area contributed by atoms with E-state index in [1.54, 1.807) is 0 Å². The van der Waals surface area contributed by atoms with Crippen molar-refractivity contribution in [3.8, 4) is 0 Å². The molecule has 0 aromatic carbocycles. The SMILES string of the molecule is CSCC[C@H](NC(=O)[C@@H]1CCCN1C(=O)CNC(=O)[C@@H]1CCCN1)C(=O)NCC(=O)N1C[C@H](O)C[C@H]1C(=O)N[C@@H](CCCNC(=N)N)C(=O)NCC(=O)N[C@@H](C)C(=O)N1CCC[C@H]1C(=O)O. The number of carboxylic acids is 1. The molecule has 4 fully saturated rings. The number of aliphatic hydroxyl groups excluding tert-OH is 1. The molecule has 8 atom stereocenters. The summed E-state index contributed by atoms with van der Waals surface area (Å²) in [5, 5.41) is 48.3. The summed E-state index contributed by atoms with van der Waals surface area (Å²) in [4.78, 5) is 134. The Morgan fingerprint density at radius 1 is 0.742 bits per heavy atom. The Balaban J connectivity index is 1.32. The van der Waals surface area contributed by atoms with Gasteiger partial charge in [-0.1, -0.05) is 0 Å². The molecule has 0 saturated carbocycles. The van der Waals surface area contributed by atoms with Crippen molar-refractivity contribution in [1.82, 2.24) is 57.2 Å². The van der Waals surface area contributed by atoms with E-state index < -0.39 is 109 Å². The summed E-state index contributed by atoms with van der Waals surface area (Å²) in [6, 6.07) is -7.01. The molecule has 9 amide bonds. The molecule has 0 radical (unpaired) electrons. The number of likely N-dealkylation sites (tertiary alicyclic amines) is 3. The zero-order valence-electron chi connectivity index (χ0n) is 37.4. The lowest BCUT2D eigenvalue weighted by Crippen LogP contribution is -2.56. The highest BCUT2D eigenvalue weighted by atomic mass is 32.2. The Morgan fingerprint density at radius 3 is 1.98 bits per heavy atom. The number of β-amino-alcohol motifs (C(OH)–C–C–N with tert-alkyl or cyclic N) is 1. The summed E-state index contributed by atoms with van der Waals surface area (Å²) in [6.07, 6.45) is 4.01. The number of amides is 9. The minimum absolute atomic E-state index is 0.0240. The van der Waals surface area contributed by atoms with Gasteiger partial charge in [0, 0.05) is 32.6 Å². The van der Waals surface area contributed by atoms with Crippen molar-refractivity contribution in [3.05, 3.63) is 0 Å². The molecule has 0 unspecified atom stereocenters. The van der Waals surface area contributed by atoms with Gasteiger partial charge >= 0.3 is 5.97 Å². The molecule has 4 aliphatic heterocycles. The first-order valence-electron chi connectivity index (χ1n) is 22.2. The summed E-state index contributed by atoms with van der Waals surface area (Å²) in [5.41, 5.74) is 5.36.